The minimum Gasteiger partial charge on any atom is -0.329 e. The van der Waals surface area contributed by atoms with Crippen molar-refractivity contribution >= 4 is 11.8 Å². The normalized spacial score (nSPS) is 13.0. The van der Waals surface area contributed by atoms with Crippen molar-refractivity contribution in [3.8, 4) is 0 Å². The fourth-order valence-corrected chi connectivity index (χ4v) is 2.39. The summed E-state index contributed by atoms with van der Waals surface area (Å²) in [6, 6.07) is 9.23. The van der Waals surface area contributed by atoms with Gasteiger partial charge in [-0.1, -0.05) is 29.8 Å². The maximum atomic E-state index is 5.84. The highest BCUT2D eigenvalue weighted by Gasteiger charge is 2.12. The lowest BCUT2D eigenvalue weighted by Crippen LogP contribution is -2.37. The molecule has 0 saturated heterocycles. The van der Waals surface area contributed by atoms with Crippen molar-refractivity contribution in [3.05, 3.63) is 35.4 Å². The third kappa shape index (κ3) is 5.11. The third-order valence-electron chi connectivity index (χ3n) is 3.10. The molecule has 0 amide bonds. The van der Waals surface area contributed by atoms with Crippen LogP contribution in [0.2, 0.25) is 0 Å². The number of hydrogen-bond acceptors (Lipinski definition) is 3. The van der Waals surface area contributed by atoms with E-state index in [0.29, 0.717) is 6.04 Å². The van der Waals surface area contributed by atoms with Crippen LogP contribution in [0.3, 0.4) is 0 Å². The molecule has 1 rings (SSSR count). The summed E-state index contributed by atoms with van der Waals surface area (Å²) in [6.45, 7) is 3.84. The third-order valence-corrected chi connectivity index (χ3v) is 3.75. The van der Waals surface area contributed by atoms with Crippen LogP contribution in [-0.4, -0.2) is 36.5 Å². The molecule has 1 aromatic rings. The summed E-state index contributed by atoms with van der Waals surface area (Å²) in [5.41, 5.74) is 8.52. The zero-order valence-electron chi connectivity index (χ0n) is 11.1. The van der Waals surface area contributed by atoms with Crippen LogP contribution in [0.4, 0.5) is 0 Å². The highest BCUT2D eigenvalue weighted by Crippen LogP contribution is 2.11. The molecule has 3 heteroatoms. The number of nitrogens with zero attached hydrogens (tertiary/aromatic N) is 1. The Balaban J connectivity index is 2.51. The highest BCUT2D eigenvalue weighted by atomic mass is 32.2. The molecule has 96 valence electrons. The van der Waals surface area contributed by atoms with E-state index in [1.165, 1.54) is 23.3 Å². The van der Waals surface area contributed by atoms with E-state index in [2.05, 4.69) is 49.4 Å². The molecule has 1 atom stereocenters. The van der Waals surface area contributed by atoms with Crippen LogP contribution in [0.15, 0.2) is 24.3 Å². The minimum absolute atomic E-state index is 0.490. The lowest BCUT2D eigenvalue weighted by atomic mass is 10.1. The summed E-state index contributed by atoms with van der Waals surface area (Å²) < 4.78 is 0. The van der Waals surface area contributed by atoms with Gasteiger partial charge in [-0.3, -0.25) is 4.90 Å². The Bertz CT molecular complexity index is 311. The molecule has 0 aliphatic heterocycles. The monoisotopic (exact) mass is 252 g/mol. The van der Waals surface area contributed by atoms with E-state index in [0.717, 1.165) is 13.1 Å². The van der Waals surface area contributed by atoms with E-state index < -0.39 is 0 Å². The second kappa shape index (κ2) is 7.75. The average Bonchev–Trinajstić information content (AvgIpc) is 2.33. The Morgan fingerprint density at radius 1 is 1.29 bits per heavy atom. The molecule has 17 heavy (non-hydrogen) atoms. The molecule has 0 aliphatic carbocycles. The van der Waals surface area contributed by atoms with Gasteiger partial charge >= 0.3 is 0 Å². The van der Waals surface area contributed by atoms with Crippen LogP contribution in [0.5, 0.6) is 0 Å². The van der Waals surface area contributed by atoms with Crippen molar-refractivity contribution in [1.29, 1.82) is 0 Å². The number of rotatable bonds is 7. The Morgan fingerprint density at radius 3 is 2.47 bits per heavy atom. The lowest BCUT2D eigenvalue weighted by molar-refractivity contribution is 0.234. The second-order valence-electron chi connectivity index (χ2n) is 4.57. The molecule has 0 spiro atoms. The van der Waals surface area contributed by atoms with Gasteiger partial charge in [0.2, 0.25) is 0 Å². The van der Waals surface area contributed by atoms with Gasteiger partial charge in [0.15, 0.2) is 0 Å². The zero-order chi connectivity index (χ0) is 12.7. The predicted octanol–water partition coefficient (Wildman–Crippen LogP) is 2.51. The molecule has 0 radical (unpaired) electrons. The van der Waals surface area contributed by atoms with Crippen LogP contribution < -0.4 is 5.73 Å². The summed E-state index contributed by atoms with van der Waals surface area (Å²) in [4.78, 5) is 2.36. The molecule has 0 heterocycles. The molecular weight excluding hydrogens is 228 g/mol. The van der Waals surface area contributed by atoms with Crippen molar-refractivity contribution < 1.29 is 0 Å². The molecule has 1 unspecified atom stereocenters. The number of likely N-dealkylation sites (N-methyl/N-ethyl adjacent to an activating group) is 1. The van der Waals surface area contributed by atoms with E-state index in [4.69, 9.17) is 5.73 Å². The quantitative estimate of drug-likeness (QED) is 0.808. The largest absolute Gasteiger partial charge is 0.329 e. The Hall–Kier alpha value is -0.510. The SMILES string of the molecule is CSCCC(CN)N(C)Cc1ccc(C)cc1. The number of nitrogens with two attached hydrogens (primary N) is 1. The predicted molar refractivity (Wildman–Crippen MR) is 78.5 cm³/mol. The first kappa shape index (κ1) is 14.6. The second-order valence-corrected chi connectivity index (χ2v) is 5.56. The fourth-order valence-electron chi connectivity index (χ4n) is 1.88. The van der Waals surface area contributed by atoms with Crippen LogP contribution >= 0.6 is 11.8 Å². The van der Waals surface area contributed by atoms with E-state index in [1.807, 2.05) is 11.8 Å². The Morgan fingerprint density at radius 2 is 1.94 bits per heavy atom. The first-order chi connectivity index (χ1) is 8.17. The molecule has 0 fully saturated rings. The summed E-state index contributed by atoms with van der Waals surface area (Å²) in [5.74, 6) is 1.18. The van der Waals surface area contributed by atoms with Gasteiger partial charge in [0, 0.05) is 19.1 Å². The van der Waals surface area contributed by atoms with Crippen LogP contribution in [0.25, 0.3) is 0 Å². The van der Waals surface area contributed by atoms with Gasteiger partial charge in [-0.05, 0) is 38.0 Å². The molecule has 0 aliphatic rings. The topological polar surface area (TPSA) is 29.3 Å². The molecule has 2 N–H and O–H groups in total. The number of thioether (sulfide) groups is 1. The number of benzene rings is 1. The number of aryl methyl sites for hydroxylation is 1. The van der Waals surface area contributed by atoms with Crippen molar-refractivity contribution in [3.63, 3.8) is 0 Å². The van der Waals surface area contributed by atoms with Crippen LogP contribution in [-0.2, 0) is 6.54 Å². The van der Waals surface area contributed by atoms with Gasteiger partial charge in [-0.2, -0.15) is 11.8 Å². The van der Waals surface area contributed by atoms with Crippen LogP contribution in [0.1, 0.15) is 17.5 Å². The van der Waals surface area contributed by atoms with Gasteiger partial charge < -0.3 is 5.73 Å². The fraction of sp³-hybridized carbons (Fsp3) is 0.571. The molecule has 0 bridgehead atoms. The summed E-state index contributed by atoms with van der Waals surface area (Å²) in [7, 11) is 2.16. The van der Waals surface area contributed by atoms with Gasteiger partial charge in [-0.25, -0.2) is 0 Å². The van der Waals surface area contributed by atoms with Gasteiger partial charge in [0.25, 0.3) is 0 Å². The van der Waals surface area contributed by atoms with Crippen LogP contribution in [0, 0.1) is 6.92 Å². The molecule has 0 saturated carbocycles. The Labute approximate surface area is 110 Å². The van der Waals surface area contributed by atoms with Crippen molar-refractivity contribution in [1.82, 2.24) is 4.90 Å². The van der Waals surface area contributed by atoms with Crippen molar-refractivity contribution in [2.45, 2.75) is 25.9 Å². The average molecular weight is 252 g/mol. The summed E-state index contributed by atoms with van der Waals surface area (Å²) >= 11 is 1.89. The minimum atomic E-state index is 0.490. The summed E-state index contributed by atoms with van der Waals surface area (Å²) in [5, 5.41) is 0. The molecule has 1 aromatic carbocycles. The maximum absolute atomic E-state index is 5.84. The zero-order valence-corrected chi connectivity index (χ0v) is 12.0. The van der Waals surface area contributed by atoms with E-state index in [1.54, 1.807) is 0 Å². The standard InChI is InChI=1S/C14H24N2S/c1-12-4-6-13(7-5-12)11-16(2)14(10-15)8-9-17-3/h4-7,14H,8-11,15H2,1-3H3. The van der Waals surface area contributed by atoms with Crippen molar-refractivity contribution in [2.75, 3.05) is 25.6 Å². The maximum Gasteiger partial charge on any atom is 0.0234 e. The van der Waals surface area contributed by atoms with Crippen molar-refractivity contribution in [2.24, 2.45) is 5.73 Å². The number of hydrogen-bond donors (Lipinski definition) is 1. The molecule has 0 aromatic heterocycles. The smallest absolute Gasteiger partial charge is 0.0234 e. The summed E-state index contributed by atoms with van der Waals surface area (Å²) in [6.07, 6.45) is 3.31. The highest BCUT2D eigenvalue weighted by molar-refractivity contribution is 7.98. The van der Waals surface area contributed by atoms with E-state index in [-0.39, 0.29) is 0 Å². The van der Waals surface area contributed by atoms with Gasteiger partial charge in [0.05, 0.1) is 0 Å². The first-order valence-electron chi connectivity index (χ1n) is 6.12. The van der Waals surface area contributed by atoms with E-state index in [9.17, 15) is 0 Å². The van der Waals surface area contributed by atoms with Gasteiger partial charge in [-0.15, -0.1) is 0 Å². The van der Waals surface area contributed by atoms with E-state index >= 15 is 0 Å². The first-order valence-corrected chi connectivity index (χ1v) is 7.51. The molecule has 2 nitrogen and oxygen atoms in total. The molecular formula is C14H24N2S. The lowest BCUT2D eigenvalue weighted by Gasteiger charge is -2.26. The van der Waals surface area contributed by atoms with Gasteiger partial charge in [0.1, 0.15) is 0 Å². The Kier molecular flexibility index (Phi) is 6.63.